The van der Waals surface area contributed by atoms with Gasteiger partial charge in [0.25, 0.3) is 11.8 Å². The zero-order chi connectivity index (χ0) is 28.6. The van der Waals surface area contributed by atoms with Crippen molar-refractivity contribution < 1.29 is 33.4 Å². The van der Waals surface area contributed by atoms with Crippen LogP contribution in [0.4, 0.5) is 16.2 Å². The molecule has 214 valence electrons. The third-order valence-corrected chi connectivity index (χ3v) is 7.59. The fourth-order valence-electron chi connectivity index (χ4n) is 4.33. The highest BCUT2D eigenvalue weighted by Crippen LogP contribution is 2.27. The Balaban J connectivity index is 1.40. The molecule has 3 heterocycles. The van der Waals surface area contributed by atoms with Crippen LogP contribution in [0.15, 0.2) is 36.4 Å². The molecule has 0 saturated carbocycles. The van der Waals surface area contributed by atoms with Crippen molar-refractivity contribution in [2.24, 2.45) is 5.73 Å². The van der Waals surface area contributed by atoms with Gasteiger partial charge in [0.15, 0.2) is 0 Å². The van der Waals surface area contributed by atoms with Crippen LogP contribution in [0.3, 0.4) is 0 Å². The van der Waals surface area contributed by atoms with Gasteiger partial charge in [-0.1, -0.05) is 11.6 Å². The quantitative estimate of drug-likeness (QED) is 0.377. The molecule has 0 aliphatic carbocycles. The van der Waals surface area contributed by atoms with Crippen LogP contribution in [-0.2, 0) is 23.9 Å². The van der Waals surface area contributed by atoms with Crippen molar-refractivity contribution in [3.63, 3.8) is 0 Å². The zero-order valence-electron chi connectivity index (χ0n) is 21.7. The number of cyclic esters (lactones) is 1. The van der Waals surface area contributed by atoms with Gasteiger partial charge in [0.1, 0.15) is 12.7 Å². The second-order valence-electron chi connectivity index (χ2n) is 9.16. The summed E-state index contributed by atoms with van der Waals surface area (Å²) in [5.41, 5.74) is 6.52. The average molecular weight is 592 g/mol. The van der Waals surface area contributed by atoms with Crippen LogP contribution in [-0.4, -0.2) is 86.7 Å². The van der Waals surface area contributed by atoms with Gasteiger partial charge in [0.05, 0.1) is 35.5 Å². The number of anilines is 2. The Morgan fingerprint density at radius 2 is 1.80 bits per heavy atom. The second-order valence-corrected chi connectivity index (χ2v) is 10.9. The molecular formula is C26H30ClN5O7S. The Labute approximate surface area is 239 Å². The maximum atomic E-state index is 13.2. The molecule has 3 N–H and O–H groups in total. The second kappa shape index (κ2) is 13.7. The van der Waals surface area contributed by atoms with E-state index >= 15 is 0 Å². The summed E-state index contributed by atoms with van der Waals surface area (Å²) in [6, 6.07) is 10.0. The number of nitrogens with one attached hydrogen (secondary N) is 1. The highest BCUT2D eigenvalue weighted by Gasteiger charge is 2.36. The number of imide groups is 1. The standard InChI is InChI=1S/C26H30ClN5O7S/c27-21-9-8-20(40-21)25(36)32(23(34)3-1-2-10-29-22(33)13-28)15-19-14-31(26(37)39-19)18-6-4-17(5-7-18)30-11-12-38-16-24(30)35/h4-9,19H,1-3,10-16,28H2,(H,29,33). The summed E-state index contributed by atoms with van der Waals surface area (Å²) in [7, 11) is 0. The van der Waals surface area contributed by atoms with Crippen molar-refractivity contribution in [3.05, 3.63) is 45.6 Å². The number of amides is 5. The van der Waals surface area contributed by atoms with E-state index in [4.69, 9.17) is 26.8 Å². The van der Waals surface area contributed by atoms with Gasteiger partial charge in [0, 0.05) is 30.9 Å². The van der Waals surface area contributed by atoms with E-state index < -0.39 is 24.0 Å². The largest absolute Gasteiger partial charge is 0.442 e. The third kappa shape index (κ3) is 7.36. The summed E-state index contributed by atoms with van der Waals surface area (Å²) >= 11 is 7.06. The van der Waals surface area contributed by atoms with E-state index in [-0.39, 0.29) is 44.5 Å². The maximum Gasteiger partial charge on any atom is 0.414 e. The van der Waals surface area contributed by atoms with Gasteiger partial charge in [-0.05, 0) is 49.2 Å². The van der Waals surface area contributed by atoms with Crippen molar-refractivity contribution >= 4 is 64.0 Å². The lowest BCUT2D eigenvalue weighted by Gasteiger charge is -2.27. The number of halogens is 1. The fourth-order valence-corrected chi connectivity index (χ4v) is 5.32. The Hall–Kier alpha value is -3.52. The van der Waals surface area contributed by atoms with Crippen LogP contribution in [0.25, 0.3) is 0 Å². The van der Waals surface area contributed by atoms with E-state index in [9.17, 15) is 24.0 Å². The molecule has 1 atom stereocenters. The van der Waals surface area contributed by atoms with Crippen molar-refractivity contribution in [1.29, 1.82) is 0 Å². The van der Waals surface area contributed by atoms with Gasteiger partial charge in [0.2, 0.25) is 11.8 Å². The van der Waals surface area contributed by atoms with Gasteiger partial charge in [-0.25, -0.2) is 4.79 Å². The number of nitrogens with two attached hydrogens (primary N) is 1. The predicted molar refractivity (Wildman–Crippen MR) is 149 cm³/mol. The van der Waals surface area contributed by atoms with Crippen LogP contribution in [0.2, 0.25) is 4.34 Å². The minimum absolute atomic E-state index is 0.0261. The highest BCUT2D eigenvalue weighted by molar-refractivity contribution is 7.18. The fraction of sp³-hybridized carbons (Fsp3) is 0.423. The number of carbonyl (C=O) groups excluding carboxylic acids is 5. The Morgan fingerprint density at radius 3 is 2.45 bits per heavy atom. The van der Waals surface area contributed by atoms with Crippen molar-refractivity contribution in [2.45, 2.75) is 25.4 Å². The van der Waals surface area contributed by atoms with Crippen LogP contribution < -0.4 is 20.9 Å². The molecule has 2 saturated heterocycles. The van der Waals surface area contributed by atoms with Gasteiger partial charge in [-0.2, -0.15) is 0 Å². The molecule has 2 aliphatic heterocycles. The number of hydrogen-bond donors (Lipinski definition) is 2. The monoisotopic (exact) mass is 591 g/mol. The van der Waals surface area contributed by atoms with E-state index in [0.29, 0.717) is 53.1 Å². The molecule has 12 nitrogen and oxygen atoms in total. The van der Waals surface area contributed by atoms with Gasteiger partial charge >= 0.3 is 6.09 Å². The lowest BCUT2D eigenvalue weighted by molar-refractivity contribution is -0.129. The van der Waals surface area contributed by atoms with Crippen LogP contribution in [0, 0.1) is 0 Å². The number of nitrogens with zero attached hydrogens (tertiary/aromatic N) is 3. The van der Waals surface area contributed by atoms with Gasteiger partial charge in [-0.15, -0.1) is 11.3 Å². The highest BCUT2D eigenvalue weighted by atomic mass is 35.5. The number of thiophene rings is 1. The first-order valence-electron chi connectivity index (χ1n) is 12.8. The molecule has 2 fully saturated rings. The van der Waals surface area contributed by atoms with Crippen molar-refractivity contribution in [1.82, 2.24) is 10.2 Å². The van der Waals surface area contributed by atoms with E-state index in [1.165, 1.54) is 4.90 Å². The van der Waals surface area contributed by atoms with E-state index in [0.717, 1.165) is 16.2 Å². The molecule has 2 aromatic rings. The lowest BCUT2D eigenvalue weighted by atomic mass is 10.2. The Kier molecular flexibility index (Phi) is 10.1. The van der Waals surface area contributed by atoms with E-state index in [2.05, 4.69) is 5.32 Å². The summed E-state index contributed by atoms with van der Waals surface area (Å²) in [5.74, 6) is -1.36. The smallest absolute Gasteiger partial charge is 0.414 e. The predicted octanol–water partition coefficient (Wildman–Crippen LogP) is 2.00. The number of morpholine rings is 1. The molecule has 0 bridgehead atoms. The minimum atomic E-state index is -0.750. The number of rotatable bonds is 11. The van der Waals surface area contributed by atoms with Crippen LogP contribution in [0.1, 0.15) is 28.9 Å². The first-order valence-corrected chi connectivity index (χ1v) is 14.0. The summed E-state index contributed by atoms with van der Waals surface area (Å²) in [6.45, 7) is 1.18. The number of hydrogen-bond acceptors (Lipinski definition) is 9. The summed E-state index contributed by atoms with van der Waals surface area (Å²) in [4.78, 5) is 66.9. The number of benzene rings is 1. The van der Waals surface area contributed by atoms with Gasteiger partial charge in [-0.3, -0.25) is 29.0 Å². The van der Waals surface area contributed by atoms with E-state index in [1.54, 1.807) is 41.3 Å². The summed E-state index contributed by atoms with van der Waals surface area (Å²) in [6.07, 6.45) is -0.319. The first kappa shape index (κ1) is 29.5. The van der Waals surface area contributed by atoms with Crippen LogP contribution in [0.5, 0.6) is 0 Å². The van der Waals surface area contributed by atoms with Crippen molar-refractivity contribution in [2.75, 3.05) is 55.7 Å². The molecule has 4 rings (SSSR count). The molecule has 1 aromatic heterocycles. The van der Waals surface area contributed by atoms with Crippen molar-refractivity contribution in [3.8, 4) is 0 Å². The number of ether oxygens (including phenoxy) is 2. The summed E-state index contributed by atoms with van der Waals surface area (Å²) < 4.78 is 11.1. The van der Waals surface area contributed by atoms with Gasteiger partial charge < -0.3 is 25.4 Å². The first-order chi connectivity index (χ1) is 19.3. The third-order valence-electron chi connectivity index (χ3n) is 6.37. The normalized spacial score (nSPS) is 17.1. The molecule has 14 heteroatoms. The molecular weight excluding hydrogens is 562 g/mol. The minimum Gasteiger partial charge on any atom is -0.442 e. The zero-order valence-corrected chi connectivity index (χ0v) is 23.2. The SMILES string of the molecule is NCC(=O)NCCCCC(=O)N(CC1CN(c2ccc(N3CCOCC3=O)cc2)C(=O)O1)C(=O)c1ccc(Cl)s1. The summed E-state index contributed by atoms with van der Waals surface area (Å²) in [5, 5.41) is 2.64. The Morgan fingerprint density at radius 1 is 1.07 bits per heavy atom. The number of unbranched alkanes of at least 4 members (excludes halogenated alkanes) is 1. The topological polar surface area (TPSA) is 152 Å². The Bertz CT molecular complexity index is 1250. The molecule has 0 radical (unpaired) electrons. The average Bonchev–Trinajstić information content (AvgIpc) is 3.56. The number of carbonyl (C=O) groups is 5. The molecule has 40 heavy (non-hydrogen) atoms. The lowest BCUT2D eigenvalue weighted by Crippen LogP contribution is -2.43. The van der Waals surface area contributed by atoms with E-state index in [1.807, 2.05) is 0 Å². The molecule has 1 unspecified atom stereocenters. The molecule has 2 aliphatic rings. The molecule has 1 aromatic carbocycles. The molecule has 5 amide bonds. The molecule has 0 spiro atoms. The van der Waals surface area contributed by atoms with Crippen LogP contribution >= 0.6 is 22.9 Å². The maximum absolute atomic E-state index is 13.2.